The van der Waals surface area contributed by atoms with Gasteiger partial charge in [0.25, 0.3) is 0 Å². The van der Waals surface area contributed by atoms with Gasteiger partial charge in [0.1, 0.15) is 0 Å². The Labute approximate surface area is 242 Å². The van der Waals surface area contributed by atoms with E-state index in [4.69, 9.17) is 23.2 Å². The molecule has 1 heterocycles. The molecular formula is C33H36Cl2N2O2. The van der Waals surface area contributed by atoms with Gasteiger partial charge in [-0.2, -0.15) is 5.26 Å². The monoisotopic (exact) mass is 562 g/mol. The Hall–Kier alpha value is -2.84. The molecule has 0 aliphatic carbocycles. The van der Waals surface area contributed by atoms with Crippen molar-refractivity contribution in [3.8, 4) is 6.07 Å². The fourth-order valence-electron chi connectivity index (χ4n) is 5.93. The lowest BCUT2D eigenvalue weighted by Crippen LogP contribution is -2.41. The second-order valence-electron chi connectivity index (χ2n) is 10.9. The summed E-state index contributed by atoms with van der Waals surface area (Å²) in [7, 11) is 0. The number of aliphatic carboxylic acids is 1. The highest BCUT2D eigenvalue weighted by atomic mass is 35.5. The minimum Gasteiger partial charge on any atom is -0.481 e. The quantitative estimate of drug-likeness (QED) is 0.245. The van der Waals surface area contributed by atoms with E-state index in [0.29, 0.717) is 35.2 Å². The average molecular weight is 564 g/mol. The lowest BCUT2D eigenvalue weighted by Gasteiger charge is -2.38. The lowest BCUT2D eigenvalue weighted by molar-refractivity contribution is -0.139. The van der Waals surface area contributed by atoms with Crippen molar-refractivity contribution in [1.29, 1.82) is 5.26 Å². The Kier molecular flexibility index (Phi) is 10.5. The molecule has 1 fully saturated rings. The molecule has 0 bridgehead atoms. The summed E-state index contributed by atoms with van der Waals surface area (Å²) in [4.78, 5) is 14.5. The van der Waals surface area contributed by atoms with Crippen molar-refractivity contribution < 1.29 is 9.90 Å². The Morgan fingerprint density at radius 2 is 1.54 bits per heavy atom. The molecule has 0 aromatic heterocycles. The van der Waals surface area contributed by atoms with Gasteiger partial charge < -0.3 is 10.0 Å². The van der Waals surface area contributed by atoms with Crippen LogP contribution in [0.3, 0.4) is 0 Å². The first-order valence-electron chi connectivity index (χ1n) is 13.7. The first kappa shape index (κ1) is 29.2. The maximum atomic E-state index is 12.1. The van der Waals surface area contributed by atoms with Gasteiger partial charge in [-0.25, -0.2) is 0 Å². The summed E-state index contributed by atoms with van der Waals surface area (Å²) >= 11 is 13.1. The van der Waals surface area contributed by atoms with Crippen LogP contribution in [0.5, 0.6) is 0 Å². The van der Waals surface area contributed by atoms with Gasteiger partial charge in [0, 0.05) is 10.0 Å². The maximum Gasteiger partial charge on any atom is 0.303 e. The van der Waals surface area contributed by atoms with E-state index in [1.165, 1.54) is 5.56 Å². The SMILES string of the molecule is N#CC(CCN1CCC(Cc2ccccc2)CC1)(Cc1ccccc1Cl)C(CC(=O)O)Cc1ccccc1Cl. The van der Waals surface area contributed by atoms with Crippen molar-refractivity contribution in [2.75, 3.05) is 19.6 Å². The van der Waals surface area contributed by atoms with Gasteiger partial charge in [-0.1, -0.05) is 89.9 Å². The Bertz CT molecular complexity index is 1270. The number of halogens is 2. The maximum absolute atomic E-state index is 12.1. The van der Waals surface area contributed by atoms with Crippen LogP contribution in [0.2, 0.25) is 10.0 Å². The molecule has 0 radical (unpaired) electrons. The summed E-state index contributed by atoms with van der Waals surface area (Å²) in [5, 5.41) is 21.9. The number of nitrogens with zero attached hydrogens (tertiary/aromatic N) is 2. The number of rotatable bonds is 12. The zero-order valence-corrected chi connectivity index (χ0v) is 23.7. The molecule has 3 aromatic carbocycles. The van der Waals surface area contributed by atoms with Crippen LogP contribution >= 0.6 is 23.2 Å². The molecule has 2 unspecified atom stereocenters. The topological polar surface area (TPSA) is 64.3 Å². The molecule has 4 nitrogen and oxygen atoms in total. The zero-order valence-electron chi connectivity index (χ0n) is 22.2. The van der Waals surface area contributed by atoms with Crippen molar-refractivity contribution >= 4 is 29.2 Å². The fourth-order valence-corrected chi connectivity index (χ4v) is 6.34. The van der Waals surface area contributed by atoms with Crippen molar-refractivity contribution in [3.05, 3.63) is 106 Å². The number of nitriles is 1. The minimum absolute atomic E-state index is 0.109. The molecule has 0 spiro atoms. The molecule has 2 atom stereocenters. The molecule has 1 aliphatic rings. The lowest BCUT2D eigenvalue weighted by atomic mass is 9.66. The highest BCUT2D eigenvalue weighted by molar-refractivity contribution is 6.31. The summed E-state index contributed by atoms with van der Waals surface area (Å²) in [6, 6.07) is 28.3. The molecule has 1 N–H and O–H groups in total. The second kappa shape index (κ2) is 14.0. The summed E-state index contributed by atoms with van der Waals surface area (Å²) in [5.74, 6) is -0.674. The van der Waals surface area contributed by atoms with E-state index < -0.39 is 17.3 Å². The summed E-state index contributed by atoms with van der Waals surface area (Å²) < 4.78 is 0. The highest BCUT2D eigenvalue weighted by Gasteiger charge is 2.41. The summed E-state index contributed by atoms with van der Waals surface area (Å²) in [6.45, 7) is 2.72. The molecule has 204 valence electrons. The molecule has 6 heteroatoms. The van der Waals surface area contributed by atoms with Gasteiger partial charge in [-0.15, -0.1) is 0 Å². The smallest absolute Gasteiger partial charge is 0.303 e. The average Bonchev–Trinajstić information content (AvgIpc) is 2.94. The van der Waals surface area contributed by atoms with Gasteiger partial charge in [-0.3, -0.25) is 4.79 Å². The number of hydrogen-bond acceptors (Lipinski definition) is 3. The second-order valence-corrected chi connectivity index (χ2v) is 11.7. The number of hydrogen-bond donors (Lipinski definition) is 1. The van der Waals surface area contributed by atoms with Crippen LogP contribution in [0.15, 0.2) is 78.9 Å². The fraction of sp³-hybridized carbons (Fsp3) is 0.394. The van der Waals surface area contributed by atoms with Gasteiger partial charge in [-0.05, 0) is 98.8 Å². The number of carbonyl (C=O) groups is 1. The van der Waals surface area contributed by atoms with Crippen LogP contribution in [0.4, 0.5) is 0 Å². The van der Waals surface area contributed by atoms with Crippen LogP contribution < -0.4 is 0 Å². The van der Waals surface area contributed by atoms with E-state index >= 15 is 0 Å². The van der Waals surface area contributed by atoms with Crippen LogP contribution in [-0.4, -0.2) is 35.6 Å². The van der Waals surface area contributed by atoms with Crippen LogP contribution in [-0.2, 0) is 24.1 Å². The Morgan fingerprint density at radius 3 is 2.13 bits per heavy atom. The van der Waals surface area contributed by atoms with Crippen molar-refractivity contribution in [3.63, 3.8) is 0 Å². The number of benzene rings is 3. The third kappa shape index (κ3) is 8.08. The first-order chi connectivity index (χ1) is 18.9. The van der Waals surface area contributed by atoms with E-state index in [9.17, 15) is 15.2 Å². The molecular weight excluding hydrogens is 527 g/mol. The van der Waals surface area contributed by atoms with E-state index in [1.54, 1.807) is 0 Å². The van der Waals surface area contributed by atoms with Gasteiger partial charge in [0.2, 0.25) is 0 Å². The van der Waals surface area contributed by atoms with Crippen molar-refractivity contribution in [2.24, 2.45) is 17.3 Å². The predicted octanol–water partition coefficient (Wildman–Crippen LogP) is 7.72. The summed E-state index contributed by atoms with van der Waals surface area (Å²) in [5.41, 5.74) is 2.21. The van der Waals surface area contributed by atoms with Gasteiger partial charge >= 0.3 is 5.97 Å². The van der Waals surface area contributed by atoms with E-state index in [2.05, 4.69) is 41.3 Å². The van der Waals surface area contributed by atoms with Crippen LogP contribution in [0, 0.1) is 28.6 Å². The first-order valence-corrected chi connectivity index (χ1v) is 14.5. The highest BCUT2D eigenvalue weighted by Crippen LogP contribution is 2.42. The number of likely N-dealkylation sites (tertiary alicyclic amines) is 1. The Morgan fingerprint density at radius 1 is 0.949 bits per heavy atom. The minimum atomic E-state index is -0.913. The standard InChI is InChI=1S/C33H36Cl2N2O2/c34-30-12-6-4-10-27(30)21-29(22-32(38)39)33(24-36,23-28-11-5-7-13-31(28)35)16-19-37-17-14-26(15-18-37)20-25-8-2-1-3-9-25/h1-13,26,29H,14-23H2,(H,38,39). The molecule has 39 heavy (non-hydrogen) atoms. The number of carboxylic acid groups (broad SMARTS) is 1. The Balaban J connectivity index is 1.53. The summed E-state index contributed by atoms with van der Waals surface area (Å²) in [6.07, 6.45) is 4.62. The van der Waals surface area contributed by atoms with Gasteiger partial charge in [0.05, 0.1) is 17.9 Å². The normalized spacial score (nSPS) is 16.7. The van der Waals surface area contributed by atoms with Crippen molar-refractivity contribution in [2.45, 2.75) is 44.9 Å². The molecule has 1 saturated heterocycles. The van der Waals surface area contributed by atoms with E-state index in [-0.39, 0.29) is 6.42 Å². The van der Waals surface area contributed by atoms with E-state index in [0.717, 1.165) is 50.0 Å². The van der Waals surface area contributed by atoms with Crippen LogP contribution in [0.1, 0.15) is 42.4 Å². The molecule has 1 aliphatic heterocycles. The molecule has 3 aromatic rings. The largest absolute Gasteiger partial charge is 0.481 e. The molecule has 0 amide bonds. The zero-order chi connectivity index (χ0) is 27.7. The van der Waals surface area contributed by atoms with E-state index in [1.807, 2.05) is 48.5 Å². The molecule has 0 saturated carbocycles. The third-order valence-electron chi connectivity index (χ3n) is 8.26. The number of carboxylic acids is 1. The third-order valence-corrected chi connectivity index (χ3v) is 9.00. The van der Waals surface area contributed by atoms with Gasteiger partial charge in [0.15, 0.2) is 0 Å². The molecule has 4 rings (SSSR count). The number of piperidine rings is 1. The predicted molar refractivity (Wildman–Crippen MR) is 158 cm³/mol. The van der Waals surface area contributed by atoms with Crippen molar-refractivity contribution in [1.82, 2.24) is 4.90 Å². The van der Waals surface area contributed by atoms with Crippen LogP contribution in [0.25, 0.3) is 0 Å².